The zero-order chi connectivity index (χ0) is 21.6. The van der Waals surface area contributed by atoms with Gasteiger partial charge < -0.3 is 4.74 Å². The van der Waals surface area contributed by atoms with Crippen molar-refractivity contribution < 1.29 is 19.2 Å². The highest BCUT2D eigenvalue weighted by molar-refractivity contribution is 5.88. The molecule has 2 heterocycles. The van der Waals surface area contributed by atoms with Crippen LogP contribution in [-0.2, 0) is 32.1 Å². The van der Waals surface area contributed by atoms with Crippen LogP contribution in [0.25, 0.3) is 11.1 Å². The Morgan fingerprint density at radius 1 is 1.06 bits per heavy atom. The fraction of sp³-hybridized carbons (Fsp3) is 0.440. The lowest BCUT2D eigenvalue weighted by Crippen LogP contribution is -2.57. The van der Waals surface area contributed by atoms with E-state index in [9.17, 15) is 9.59 Å². The molecule has 2 aromatic carbocycles. The lowest BCUT2D eigenvalue weighted by molar-refractivity contribution is -0.210. The van der Waals surface area contributed by atoms with Crippen LogP contribution >= 0.6 is 0 Å². The van der Waals surface area contributed by atoms with E-state index in [4.69, 9.17) is 9.57 Å². The molecule has 1 spiro atoms. The van der Waals surface area contributed by atoms with Gasteiger partial charge in [-0.1, -0.05) is 42.5 Å². The van der Waals surface area contributed by atoms with E-state index in [1.165, 1.54) is 47.1 Å². The van der Waals surface area contributed by atoms with Crippen molar-refractivity contribution in [1.29, 1.82) is 0 Å². The maximum Gasteiger partial charge on any atom is 0.311 e. The van der Waals surface area contributed by atoms with Crippen LogP contribution in [0.2, 0.25) is 0 Å². The Balaban J connectivity index is 1.30. The topological polar surface area (TPSA) is 59.1 Å². The number of methoxy groups -OCH3 is 1. The third kappa shape index (κ3) is 3.25. The molecule has 5 rings (SSSR count). The minimum Gasteiger partial charge on any atom is -0.469 e. The molecule has 0 aromatic heterocycles. The van der Waals surface area contributed by atoms with E-state index in [0.29, 0.717) is 12.8 Å². The molecule has 2 aliphatic heterocycles. The molecule has 0 radical (unpaired) electrons. The summed E-state index contributed by atoms with van der Waals surface area (Å²) in [5.41, 5.74) is 6.19. The Labute approximate surface area is 182 Å². The summed E-state index contributed by atoms with van der Waals surface area (Å²) in [7, 11) is 2.89. The highest BCUT2D eigenvalue weighted by atomic mass is 16.7. The van der Waals surface area contributed by atoms with Gasteiger partial charge in [0.25, 0.3) is 0 Å². The van der Waals surface area contributed by atoms with Gasteiger partial charge in [0, 0.05) is 26.1 Å². The van der Waals surface area contributed by atoms with E-state index in [-0.39, 0.29) is 18.3 Å². The van der Waals surface area contributed by atoms with Crippen molar-refractivity contribution in [3.63, 3.8) is 0 Å². The minimum absolute atomic E-state index is 0.135. The number of hydrogen-bond donors (Lipinski definition) is 0. The monoisotopic (exact) mass is 420 g/mol. The van der Waals surface area contributed by atoms with Gasteiger partial charge in [0.2, 0.25) is 5.91 Å². The summed E-state index contributed by atoms with van der Waals surface area (Å²) >= 11 is 0. The van der Waals surface area contributed by atoms with Gasteiger partial charge in [-0.3, -0.25) is 19.3 Å². The van der Waals surface area contributed by atoms with Crippen molar-refractivity contribution in [3.05, 3.63) is 59.2 Å². The number of likely N-dealkylation sites (tertiary alicyclic amines) is 1. The van der Waals surface area contributed by atoms with Crippen molar-refractivity contribution in [2.45, 2.75) is 37.8 Å². The van der Waals surface area contributed by atoms with Crippen LogP contribution in [0.4, 0.5) is 0 Å². The summed E-state index contributed by atoms with van der Waals surface area (Å²) in [6, 6.07) is 15.4. The SMILES string of the molecule is COC(=O)C1CC(=O)N(OC)C12CCN(Cc1ccc3c(c1)Cc1ccccc1-3)CC2. The second-order valence-corrected chi connectivity index (χ2v) is 8.86. The molecule has 1 atom stereocenters. The summed E-state index contributed by atoms with van der Waals surface area (Å²) in [5.74, 6) is -0.922. The average molecular weight is 421 g/mol. The van der Waals surface area contributed by atoms with Crippen LogP contribution in [-0.4, -0.2) is 54.7 Å². The molecule has 2 saturated heterocycles. The Hall–Kier alpha value is -2.70. The summed E-state index contributed by atoms with van der Waals surface area (Å²) in [6.07, 6.45) is 2.55. The number of esters is 1. The number of nitrogens with zero attached hydrogens (tertiary/aromatic N) is 2. The molecule has 2 fully saturated rings. The Morgan fingerprint density at radius 3 is 2.55 bits per heavy atom. The van der Waals surface area contributed by atoms with Crippen LogP contribution < -0.4 is 0 Å². The highest BCUT2D eigenvalue weighted by Gasteiger charge is 2.58. The molecule has 1 aliphatic carbocycles. The summed E-state index contributed by atoms with van der Waals surface area (Å²) in [4.78, 5) is 32.7. The summed E-state index contributed by atoms with van der Waals surface area (Å²) < 4.78 is 5.01. The number of rotatable bonds is 4. The number of hydrogen-bond acceptors (Lipinski definition) is 5. The summed E-state index contributed by atoms with van der Waals surface area (Å²) in [5, 5.41) is 1.44. The lowest BCUT2D eigenvalue weighted by Gasteiger charge is -2.45. The van der Waals surface area contributed by atoms with Gasteiger partial charge in [-0.25, -0.2) is 5.06 Å². The van der Waals surface area contributed by atoms with Gasteiger partial charge in [0.15, 0.2) is 0 Å². The van der Waals surface area contributed by atoms with E-state index < -0.39 is 11.5 Å². The molecule has 0 N–H and O–H groups in total. The van der Waals surface area contributed by atoms with Gasteiger partial charge >= 0.3 is 5.97 Å². The lowest BCUT2D eigenvalue weighted by atomic mass is 9.77. The number of ether oxygens (including phenoxy) is 1. The Kier molecular flexibility index (Phi) is 5.07. The van der Waals surface area contributed by atoms with Crippen LogP contribution in [0.3, 0.4) is 0 Å². The molecule has 2 aromatic rings. The summed E-state index contributed by atoms with van der Waals surface area (Å²) in [6.45, 7) is 2.47. The molecule has 1 amide bonds. The third-order valence-corrected chi connectivity index (χ3v) is 7.31. The number of piperidine rings is 1. The van der Waals surface area contributed by atoms with Gasteiger partial charge in [0.05, 0.1) is 25.7 Å². The number of hydroxylamine groups is 2. The standard InChI is InChI=1S/C25H28N2O4/c1-30-24(29)22-15-23(28)27(31-2)25(22)9-11-26(12-10-25)16-17-7-8-21-19(13-17)14-18-5-3-4-6-20(18)21/h3-8,13,22H,9-12,14-16H2,1-2H3. The number of fused-ring (bicyclic) bond motifs is 3. The van der Waals surface area contributed by atoms with E-state index in [1.54, 1.807) is 0 Å². The number of amides is 1. The van der Waals surface area contributed by atoms with Crippen LogP contribution in [0.1, 0.15) is 36.0 Å². The van der Waals surface area contributed by atoms with Crippen molar-refractivity contribution >= 4 is 11.9 Å². The van der Waals surface area contributed by atoms with Gasteiger partial charge in [-0.15, -0.1) is 0 Å². The maximum absolute atomic E-state index is 12.5. The van der Waals surface area contributed by atoms with Crippen LogP contribution in [0.15, 0.2) is 42.5 Å². The zero-order valence-corrected chi connectivity index (χ0v) is 18.1. The van der Waals surface area contributed by atoms with E-state index in [1.807, 2.05) is 0 Å². The number of carbonyl (C=O) groups is 2. The Morgan fingerprint density at radius 2 is 1.81 bits per heavy atom. The first-order valence-electron chi connectivity index (χ1n) is 10.9. The predicted molar refractivity (Wildman–Crippen MR) is 116 cm³/mol. The van der Waals surface area contributed by atoms with Crippen molar-refractivity contribution in [2.75, 3.05) is 27.3 Å². The zero-order valence-electron chi connectivity index (χ0n) is 18.1. The first-order valence-corrected chi connectivity index (χ1v) is 10.9. The van der Waals surface area contributed by atoms with Gasteiger partial charge in [-0.05, 0) is 47.1 Å². The van der Waals surface area contributed by atoms with Gasteiger partial charge in [0.1, 0.15) is 0 Å². The predicted octanol–water partition coefficient (Wildman–Crippen LogP) is 3.18. The largest absolute Gasteiger partial charge is 0.469 e. The maximum atomic E-state index is 12.5. The molecule has 0 saturated carbocycles. The van der Waals surface area contributed by atoms with E-state index in [0.717, 1.165) is 26.1 Å². The normalized spacial score (nSPS) is 21.9. The first kappa shape index (κ1) is 20.2. The van der Waals surface area contributed by atoms with Crippen LogP contribution in [0, 0.1) is 5.92 Å². The molecular formula is C25H28N2O4. The molecule has 162 valence electrons. The molecule has 31 heavy (non-hydrogen) atoms. The molecule has 3 aliphatic rings. The number of carbonyl (C=O) groups excluding carboxylic acids is 2. The first-order chi connectivity index (χ1) is 15.1. The average Bonchev–Trinajstić information content (AvgIpc) is 3.29. The number of benzene rings is 2. The van der Waals surface area contributed by atoms with Gasteiger partial charge in [-0.2, -0.15) is 0 Å². The van der Waals surface area contributed by atoms with Crippen molar-refractivity contribution in [2.24, 2.45) is 5.92 Å². The minimum atomic E-state index is -0.602. The molecular weight excluding hydrogens is 392 g/mol. The van der Waals surface area contributed by atoms with E-state index >= 15 is 0 Å². The molecule has 6 heteroatoms. The third-order valence-electron chi connectivity index (χ3n) is 7.31. The van der Waals surface area contributed by atoms with Crippen molar-refractivity contribution in [1.82, 2.24) is 9.96 Å². The highest BCUT2D eigenvalue weighted by Crippen LogP contribution is 2.44. The molecule has 0 bridgehead atoms. The van der Waals surface area contributed by atoms with E-state index in [2.05, 4.69) is 47.4 Å². The second-order valence-electron chi connectivity index (χ2n) is 8.86. The molecule has 1 unspecified atom stereocenters. The second kappa shape index (κ2) is 7.77. The quantitative estimate of drug-likeness (QED) is 0.607. The fourth-order valence-corrected chi connectivity index (χ4v) is 5.77. The van der Waals surface area contributed by atoms with Crippen molar-refractivity contribution in [3.8, 4) is 11.1 Å². The van der Waals surface area contributed by atoms with Crippen LogP contribution in [0.5, 0.6) is 0 Å². The fourth-order valence-electron chi connectivity index (χ4n) is 5.77. The molecule has 6 nitrogen and oxygen atoms in total. The smallest absolute Gasteiger partial charge is 0.311 e. The Bertz CT molecular complexity index is 1020.